The van der Waals surface area contributed by atoms with Crippen LogP contribution in [0.4, 0.5) is 18.9 Å². The molecule has 0 bridgehead atoms. The van der Waals surface area contributed by atoms with Gasteiger partial charge in [-0.25, -0.2) is 0 Å². The molecule has 0 spiro atoms. The molecule has 3 rings (SSSR count). The number of alkyl halides is 3. The van der Waals surface area contributed by atoms with Crippen LogP contribution in [0.3, 0.4) is 0 Å². The van der Waals surface area contributed by atoms with E-state index in [4.69, 9.17) is 14.2 Å². The smallest absolute Gasteiger partial charge is 0.389 e. The van der Waals surface area contributed by atoms with Gasteiger partial charge in [-0.2, -0.15) is 13.2 Å². The SMILES string of the molecule is COc1ccc(CN(C)C[C@H]2OCCCC[C@H](C)Oc3ccc(NC(=O)CCC(F)(F)F)cc3C(=O)N([C@@H](C)CO)C[C@H]2C)cc1. The first kappa shape index (κ1) is 37.1. The summed E-state index contributed by atoms with van der Waals surface area (Å²) < 4.78 is 55.8. The fourth-order valence-corrected chi connectivity index (χ4v) is 5.36. The topological polar surface area (TPSA) is 101 Å². The molecular formula is C34H48F3N3O6. The highest BCUT2D eigenvalue weighted by Gasteiger charge is 2.31. The van der Waals surface area contributed by atoms with Crippen molar-refractivity contribution in [3.8, 4) is 11.5 Å². The minimum atomic E-state index is -4.46. The summed E-state index contributed by atoms with van der Waals surface area (Å²) in [6, 6.07) is 11.8. The molecule has 12 heteroatoms. The highest BCUT2D eigenvalue weighted by molar-refractivity contribution is 5.99. The van der Waals surface area contributed by atoms with E-state index < -0.39 is 36.9 Å². The van der Waals surface area contributed by atoms with E-state index in [9.17, 15) is 27.9 Å². The van der Waals surface area contributed by atoms with Crippen molar-refractivity contribution in [1.82, 2.24) is 9.80 Å². The van der Waals surface area contributed by atoms with Crippen molar-refractivity contribution < 1.29 is 42.1 Å². The number of aliphatic hydroxyl groups excluding tert-OH is 1. The van der Waals surface area contributed by atoms with E-state index in [2.05, 4.69) is 10.2 Å². The van der Waals surface area contributed by atoms with Crippen molar-refractivity contribution >= 4 is 17.5 Å². The third-order valence-corrected chi connectivity index (χ3v) is 8.07. The van der Waals surface area contributed by atoms with E-state index >= 15 is 0 Å². The van der Waals surface area contributed by atoms with Crippen molar-refractivity contribution in [3.05, 3.63) is 53.6 Å². The molecular weight excluding hydrogens is 603 g/mol. The molecule has 0 saturated heterocycles. The van der Waals surface area contributed by atoms with E-state index in [0.717, 1.165) is 24.2 Å². The Morgan fingerprint density at radius 3 is 2.54 bits per heavy atom. The van der Waals surface area contributed by atoms with Gasteiger partial charge in [-0.1, -0.05) is 19.1 Å². The van der Waals surface area contributed by atoms with Gasteiger partial charge < -0.3 is 29.5 Å². The molecule has 0 unspecified atom stereocenters. The maximum Gasteiger partial charge on any atom is 0.389 e. The lowest BCUT2D eigenvalue weighted by atomic mass is 10.0. The molecule has 0 fully saturated rings. The summed E-state index contributed by atoms with van der Waals surface area (Å²) in [4.78, 5) is 30.2. The second-order valence-corrected chi connectivity index (χ2v) is 12.2. The Kier molecular flexibility index (Phi) is 14.1. The van der Waals surface area contributed by atoms with Gasteiger partial charge in [-0.15, -0.1) is 0 Å². The molecule has 1 aliphatic heterocycles. The summed E-state index contributed by atoms with van der Waals surface area (Å²) in [6.45, 7) is 7.47. The zero-order valence-electron chi connectivity index (χ0n) is 27.4. The number of aliphatic hydroxyl groups is 1. The summed E-state index contributed by atoms with van der Waals surface area (Å²) >= 11 is 0. The summed E-state index contributed by atoms with van der Waals surface area (Å²) in [6.07, 6.45) is -4.53. The van der Waals surface area contributed by atoms with Crippen LogP contribution in [0.5, 0.6) is 11.5 Å². The zero-order valence-corrected chi connectivity index (χ0v) is 27.4. The van der Waals surface area contributed by atoms with Gasteiger partial charge in [0.15, 0.2) is 0 Å². The average Bonchev–Trinajstić information content (AvgIpc) is 3.01. The van der Waals surface area contributed by atoms with Crippen LogP contribution in [-0.2, 0) is 16.1 Å². The Morgan fingerprint density at radius 1 is 1.17 bits per heavy atom. The van der Waals surface area contributed by atoms with E-state index in [0.29, 0.717) is 31.9 Å². The first-order valence-electron chi connectivity index (χ1n) is 15.8. The highest BCUT2D eigenvalue weighted by Crippen LogP contribution is 2.29. The van der Waals surface area contributed by atoms with E-state index in [1.807, 2.05) is 45.2 Å². The maximum absolute atomic E-state index is 14.2. The maximum atomic E-state index is 14.2. The van der Waals surface area contributed by atoms with Gasteiger partial charge in [0.1, 0.15) is 11.5 Å². The molecule has 0 aromatic heterocycles. The lowest BCUT2D eigenvalue weighted by Gasteiger charge is -2.36. The van der Waals surface area contributed by atoms with Gasteiger partial charge in [0.2, 0.25) is 5.91 Å². The largest absolute Gasteiger partial charge is 0.497 e. The van der Waals surface area contributed by atoms with Crippen LogP contribution in [0.1, 0.15) is 68.8 Å². The Labute approximate surface area is 270 Å². The summed E-state index contributed by atoms with van der Waals surface area (Å²) in [5.41, 5.74) is 1.45. The summed E-state index contributed by atoms with van der Waals surface area (Å²) in [5, 5.41) is 12.6. The van der Waals surface area contributed by atoms with Gasteiger partial charge in [0, 0.05) is 44.3 Å². The fourth-order valence-electron chi connectivity index (χ4n) is 5.36. The molecule has 1 aliphatic rings. The lowest BCUT2D eigenvalue weighted by molar-refractivity contribution is -0.142. The van der Waals surface area contributed by atoms with Crippen molar-refractivity contribution in [2.45, 2.75) is 83.8 Å². The Bertz CT molecular complexity index is 1260. The molecule has 2 aromatic rings. The highest BCUT2D eigenvalue weighted by atomic mass is 19.4. The standard InChI is InChI=1S/C34H48F3N3O6/c1-23-19-40(24(2)22-41)33(43)29-18-27(38-32(42)15-16-34(35,36)37)11-14-30(29)46-25(3)8-6-7-17-45-31(23)21-39(4)20-26-9-12-28(44-5)13-10-26/h9-14,18,23-25,31,41H,6-8,15-17,19-22H2,1-5H3,(H,38,42)/t23-,24+,25+,31-/m1/s1. The number of ether oxygens (including phenoxy) is 3. The molecule has 2 N–H and O–H groups in total. The average molecular weight is 652 g/mol. The molecule has 2 amide bonds. The van der Waals surface area contributed by atoms with Crippen molar-refractivity contribution in [2.75, 3.05) is 45.8 Å². The van der Waals surface area contributed by atoms with Gasteiger partial charge in [0.25, 0.3) is 5.91 Å². The number of halogens is 3. The molecule has 4 atom stereocenters. The number of likely N-dealkylation sites (N-methyl/N-ethyl adjacent to an activating group) is 1. The predicted molar refractivity (Wildman–Crippen MR) is 170 cm³/mol. The van der Waals surface area contributed by atoms with Crippen LogP contribution < -0.4 is 14.8 Å². The monoisotopic (exact) mass is 651 g/mol. The number of methoxy groups -OCH3 is 1. The molecule has 46 heavy (non-hydrogen) atoms. The Balaban J connectivity index is 1.87. The van der Waals surface area contributed by atoms with Gasteiger partial charge >= 0.3 is 6.18 Å². The molecule has 0 radical (unpaired) electrons. The normalized spacial score (nSPS) is 20.8. The first-order chi connectivity index (χ1) is 21.8. The number of anilines is 1. The number of rotatable bonds is 10. The van der Waals surface area contributed by atoms with Crippen LogP contribution in [0, 0.1) is 5.92 Å². The van der Waals surface area contributed by atoms with E-state index in [1.165, 1.54) is 12.1 Å². The Hall–Kier alpha value is -3.35. The quantitative estimate of drug-likeness (QED) is 0.330. The first-order valence-corrected chi connectivity index (χ1v) is 15.8. The molecule has 0 aliphatic carbocycles. The van der Waals surface area contributed by atoms with Crippen LogP contribution in [0.25, 0.3) is 0 Å². The zero-order chi connectivity index (χ0) is 33.9. The fraction of sp³-hybridized carbons (Fsp3) is 0.588. The third kappa shape index (κ3) is 11.8. The number of hydrogen-bond donors (Lipinski definition) is 2. The van der Waals surface area contributed by atoms with Crippen LogP contribution >= 0.6 is 0 Å². The number of fused-ring (bicyclic) bond motifs is 1. The molecule has 1 heterocycles. The number of carbonyl (C=O) groups excluding carboxylic acids is 2. The van der Waals surface area contributed by atoms with Gasteiger partial charge in [-0.05, 0) is 76.1 Å². The summed E-state index contributed by atoms with van der Waals surface area (Å²) in [7, 11) is 3.65. The number of hydrogen-bond acceptors (Lipinski definition) is 7. The Morgan fingerprint density at radius 2 is 1.89 bits per heavy atom. The van der Waals surface area contributed by atoms with Gasteiger partial charge in [-0.3, -0.25) is 14.5 Å². The van der Waals surface area contributed by atoms with Crippen LogP contribution in [0.2, 0.25) is 0 Å². The molecule has 256 valence electrons. The minimum Gasteiger partial charge on any atom is -0.497 e. The van der Waals surface area contributed by atoms with Crippen molar-refractivity contribution in [3.63, 3.8) is 0 Å². The second kappa shape index (κ2) is 17.5. The number of benzene rings is 2. The number of nitrogens with one attached hydrogen (secondary N) is 1. The van der Waals surface area contributed by atoms with Gasteiger partial charge in [0.05, 0.1) is 44.0 Å². The molecule has 9 nitrogen and oxygen atoms in total. The lowest BCUT2D eigenvalue weighted by Crippen LogP contribution is -2.47. The number of nitrogens with zero attached hydrogens (tertiary/aromatic N) is 2. The predicted octanol–water partition coefficient (Wildman–Crippen LogP) is 5.90. The number of carbonyl (C=O) groups is 2. The van der Waals surface area contributed by atoms with Crippen molar-refractivity contribution in [2.24, 2.45) is 5.92 Å². The summed E-state index contributed by atoms with van der Waals surface area (Å²) in [5.74, 6) is -0.280. The number of amides is 2. The van der Waals surface area contributed by atoms with E-state index in [-0.39, 0.29) is 42.5 Å². The molecule has 0 saturated carbocycles. The second-order valence-electron chi connectivity index (χ2n) is 12.2. The molecule has 2 aromatic carbocycles. The minimum absolute atomic E-state index is 0.132. The van der Waals surface area contributed by atoms with Crippen LogP contribution in [-0.4, -0.2) is 91.6 Å². The third-order valence-electron chi connectivity index (χ3n) is 8.07. The van der Waals surface area contributed by atoms with Crippen LogP contribution in [0.15, 0.2) is 42.5 Å². The van der Waals surface area contributed by atoms with Crippen molar-refractivity contribution in [1.29, 1.82) is 0 Å². The van der Waals surface area contributed by atoms with E-state index in [1.54, 1.807) is 25.0 Å².